The van der Waals surface area contributed by atoms with Gasteiger partial charge in [-0.3, -0.25) is 0 Å². The summed E-state index contributed by atoms with van der Waals surface area (Å²) in [7, 11) is -1.52. The molecule has 1 aromatic rings. The SMILES string of the molecule is CNCc1cccc(S(=O)(=O)N2CCCC(C)C2C)c1. The topological polar surface area (TPSA) is 49.4 Å². The molecule has 1 aliphatic heterocycles. The number of benzene rings is 1. The van der Waals surface area contributed by atoms with Crippen molar-refractivity contribution in [3.63, 3.8) is 0 Å². The summed E-state index contributed by atoms with van der Waals surface area (Å²) in [6, 6.07) is 7.30. The molecule has 0 amide bonds. The van der Waals surface area contributed by atoms with Crippen LogP contribution in [0.4, 0.5) is 0 Å². The van der Waals surface area contributed by atoms with E-state index >= 15 is 0 Å². The number of piperidine rings is 1. The zero-order valence-corrected chi connectivity index (χ0v) is 13.3. The summed E-state index contributed by atoms with van der Waals surface area (Å²) in [5.41, 5.74) is 0.992. The maximum atomic E-state index is 12.8. The molecule has 1 fully saturated rings. The van der Waals surface area contributed by atoms with Crippen LogP contribution in [0.15, 0.2) is 29.2 Å². The first-order chi connectivity index (χ1) is 9.46. The fraction of sp³-hybridized carbons (Fsp3) is 0.600. The van der Waals surface area contributed by atoms with Crippen LogP contribution in [0.25, 0.3) is 0 Å². The zero-order chi connectivity index (χ0) is 14.8. The summed E-state index contributed by atoms with van der Waals surface area (Å²) in [4.78, 5) is 0.409. The Labute approximate surface area is 122 Å². The Morgan fingerprint density at radius 3 is 2.80 bits per heavy atom. The van der Waals surface area contributed by atoms with Gasteiger partial charge in [0.15, 0.2) is 0 Å². The average molecular weight is 296 g/mol. The standard InChI is InChI=1S/C15H24N2O2S/c1-12-6-5-9-17(13(12)2)20(18,19)15-8-4-7-14(10-15)11-16-3/h4,7-8,10,12-13,16H,5-6,9,11H2,1-3H3. The van der Waals surface area contributed by atoms with Crippen LogP contribution >= 0.6 is 0 Å². The molecule has 5 heteroatoms. The number of hydrogen-bond donors (Lipinski definition) is 1. The van der Waals surface area contributed by atoms with E-state index in [4.69, 9.17) is 0 Å². The maximum Gasteiger partial charge on any atom is 0.243 e. The molecule has 0 bridgehead atoms. The lowest BCUT2D eigenvalue weighted by molar-refractivity contribution is 0.202. The number of hydrogen-bond acceptors (Lipinski definition) is 3. The van der Waals surface area contributed by atoms with Gasteiger partial charge in [-0.15, -0.1) is 0 Å². The third-order valence-electron chi connectivity index (χ3n) is 4.20. The summed E-state index contributed by atoms with van der Waals surface area (Å²) in [6.07, 6.45) is 2.05. The van der Waals surface area contributed by atoms with E-state index in [0.717, 1.165) is 18.4 Å². The van der Waals surface area contributed by atoms with Crippen LogP contribution in [0.2, 0.25) is 0 Å². The fourth-order valence-corrected chi connectivity index (χ4v) is 4.63. The average Bonchev–Trinajstić information content (AvgIpc) is 2.42. The number of nitrogens with one attached hydrogen (secondary N) is 1. The first-order valence-corrected chi connectivity index (χ1v) is 8.66. The molecule has 4 nitrogen and oxygen atoms in total. The van der Waals surface area contributed by atoms with E-state index in [2.05, 4.69) is 12.2 Å². The Hall–Kier alpha value is -0.910. The lowest BCUT2D eigenvalue weighted by Gasteiger charge is -2.36. The van der Waals surface area contributed by atoms with E-state index < -0.39 is 10.0 Å². The highest BCUT2D eigenvalue weighted by atomic mass is 32.2. The Morgan fingerprint density at radius 1 is 1.35 bits per heavy atom. The van der Waals surface area contributed by atoms with E-state index in [1.54, 1.807) is 16.4 Å². The number of rotatable bonds is 4. The highest BCUT2D eigenvalue weighted by Crippen LogP contribution is 2.28. The number of nitrogens with zero attached hydrogens (tertiary/aromatic N) is 1. The normalized spacial score (nSPS) is 24.8. The molecule has 2 atom stereocenters. The monoisotopic (exact) mass is 296 g/mol. The Morgan fingerprint density at radius 2 is 2.10 bits per heavy atom. The first kappa shape index (κ1) is 15.5. The van der Waals surface area contributed by atoms with Crippen LogP contribution in [0.5, 0.6) is 0 Å². The van der Waals surface area contributed by atoms with Gasteiger partial charge in [0, 0.05) is 19.1 Å². The van der Waals surface area contributed by atoms with E-state index in [1.807, 2.05) is 26.1 Å². The molecule has 1 heterocycles. The van der Waals surface area contributed by atoms with Crippen molar-refractivity contribution in [2.45, 2.75) is 44.2 Å². The molecule has 2 unspecified atom stereocenters. The van der Waals surface area contributed by atoms with Crippen molar-refractivity contribution in [1.82, 2.24) is 9.62 Å². The van der Waals surface area contributed by atoms with Gasteiger partial charge in [-0.25, -0.2) is 8.42 Å². The molecule has 1 saturated heterocycles. The molecule has 0 radical (unpaired) electrons. The molecule has 112 valence electrons. The van der Waals surface area contributed by atoms with Crippen LogP contribution in [-0.2, 0) is 16.6 Å². The van der Waals surface area contributed by atoms with E-state index in [-0.39, 0.29) is 6.04 Å². The summed E-state index contributed by atoms with van der Waals surface area (Å²) < 4.78 is 27.3. The molecule has 1 aliphatic rings. The Balaban J connectivity index is 2.32. The van der Waals surface area contributed by atoms with Gasteiger partial charge >= 0.3 is 0 Å². The van der Waals surface area contributed by atoms with E-state index in [9.17, 15) is 8.42 Å². The quantitative estimate of drug-likeness (QED) is 0.927. The van der Waals surface area contributed by atoms with Crippen LogP contribution in [0.1, 0.15) is 32.3 Å². The zero-order valence-electron chi connectivity index (χ0n) is 12.5. The van der Waals surface area contributed by atoms with Gasteiger partial charge in [0.25, 0.3) is 0 Å². The largest absolute Gasteiger partial charge is 0.316 e. The fourth-order valence-electron chi connectivity index (χ4n) is 2.79. The van der Waals surface area contributed by atoms with Crippen molar-refractivity contribution < 1.29 is 8.42 Å². The van der Waals surface area contributed by atoms with Crippen LogP contribution in [0, 0.1) is 5.92 Å². The predicted octanol–water partition coefficient (Wildman–Crippen LogP) is 2.22. The highest BCUT2D eigenvalue weighted by molar-refractivity contribution is 7.89. The second-order valence-electron chi connectivity index (χ2n) is 5.65. The lowest BCUT2D eigenvalue weighted by atomic mass is 9.94. The van der Waals surface area contributed by atoms with Crippen molar-refractivity contribution in [3.8, 4) is 0 Å². The summed E-state index contributed by atoms with van der Waals surface area (Å²) >= 11 is 0. The second-order valence-corrected chi connectivity index (χ2v) is 7.54. The summed E-state index contributed by atoms with van der Waals surface area (Å²) in [5, 5.41) is 3.05. The minimum atomic E-state index is -3.38. The molecule has 0 saturated carbocycles. The maximum absolute atomic E-state index is 12.8. The molecule has 2 rings (SSSR count). The van der Waals surface area contributed by atoms with Gasteiger partial charge in [-0.1, -0.05) is 19.1 Å². The highest BCUT2D eigenvalue weighted by Gasteiger charge is 2.34. The van der Waals surface area contributed by atoms with Gasteiger partial charge in [-0.2, -0.15) is 4.31 Å². The van der Waals surface area contributed by atoms with Crippen molar-refractivity contribution in [2.75, 3.05) is 13.6 Å². The summed E-state index contributed by atoms with van der Waals surface area (Å²) in [6.45, 7) is 5.45. The molecule has 0 aliphatic carbocycles. The van der Waals surface area contributed by atoms with Crippen molar-refractivity contribution in [1.29, 1.82) is 0 Å². The van der Waals surface area contributed by atoms with Gasteiger partial charge in [0.05, 0.1) is 4.90 Å². The lowest BCUT2D eigenvalue weighted by Crippen LogP contribution is -2.45. The van der Waals surface area contributed by atoms with Gasteiger partial charge in [-0.05, 0) is 50.4 Å². The van der Waals surface area contributed by atoms with Crippen molar-refractivity contribution >= 4 is 10.0 Å². The smallest absolute Gasteiger partial charge is 0.243 e. The van der Waals surface area contributed by atoms with Crippen LogP contribution < -0.4 is 5.32 Å². The Kier molecular flexibility index (Phi) is 4.83. The van der Waals surface area contributed by atoms with Crippen molar-refractivity contribution in [2.24, 2.45) is 5.92 Å². The van der Waals surface area contributed by atoms with Crippen LogP contribution in [-0.4, -0.2) is 32.4 Å². The summed E-state index contributed by atoms with van der Waals surface area (Å²) in [5.74, 6) is 0.416. The molecule has 1 aromatic carbocycles. The van der Waals surface area contributed by atoms with Gasteiger partial charge < -0.3 is 5.32 Å². The Bertz CT molecular complexity index is 557. The second kappa shape index (κ2) is 6.24. The van der Waals surface area contributed by atoms with Crippen LogP contribution in [0.3, 0.4) is 0 Å². The van der Waals surface area contributed by atoms with Gasteiger partial charge in [0.2, 0.25) is 10.0 Å². The van der Waals surface area contributed by atoms with Gasteiger partial charge in [0.1, 0.15) is 0 Å². The third kappa shape index (κ3) is 3.05. The van der Waals surface area contributed by atoms with E-state index in [0.29, 0.717) is 23.9 Å². The molecule has 20 heavy (non-hydrogen) atoms. The van der Waals surface area contributed by atoms with Crippen molar-refractivity contribution in [3.05, 3.63) is 29.8 Å². The van der Waals surface area contributed by atoms with E-state index in [1.165, 1.54) is 0 Å². The predicted molar refractivity (Wildman–Crippen MR) is 81.0 cm³/mol. The first-order valence-electron chi connectivity index (χ1n) is 7.22. The molecular formula is C15H24N2O2S. The molecule has 1 N–H and O–H groups in total. The minimum Gasteiger partial charge on any atom is -0.316 e. The molecule has 0 aromatic heterocycles. The number of sulfonamides is 1. The minimum absolute atomic E-state index is 0.0710. The molecular weight excluding hydrogens is 272 g/mol. The third-order valence-corrected chi connectivity index (χ3v) is 6.18. The molecule has 0 spiro atoms.